The average molecular weight is 259 g/mol. The first-order chi connectivity index (χ1) is 7.61. The van der Waals surface area contributed by atoms with Crippen molar-refractivity contribution in [2.45, 2.75) is 0 Å². The Morgan fingerprint density at radius 2 is 1.31 bits per heavy atom. The lowest BCUT2D eigenvalue weighted by Crippen LogP contribution is -2.43. The van der Waals surface area contributed by atoms with Crippen molar-refractivity contribution in [2.24, 2.45) is 0 Å². The number of amides is 2. The van der Waals surface area contributed by atoms with Gasteiger partial charge in [0, 0.05) is 13.1 Å². The van der Waals surface area contributed by atoms with Gasteiger partial charge >= 0.3 is 10.7 Å². The third-order valence-corrected chi connectivity index (χ3v) is 2.84. The number of carbonyl (C=O) groups is 2. The summed E-state index contributed by atoms with van der Waals surface area (Å²) in [6, 6.07) is 6.99. The fourth-order valence-electron chi connectivity index (χ4n) is 1.73. The molecule has 4 nitrogen and oxygen atoms in total. The van der Waals surface area contributed by atoms with E-state index in [1.54, 1.807) is 24.3 Å². The van der Waals surface area contributed by atoms with Gasteiger partial charge in [-0.3, -0.25) is 19.4 Å². The summed E-state index contributed by atoms with van der Waals surface area (Å²) in [6.07, 6.45) is 0. The van der Waals surface area contributed by atoms with Crippen LogP contribution in [0, 0.1) is 0 Å². The van der Waals surface area contributed by atoms with Crippen molar-refractivity contribution < 1.29 is 9.59 Å². The van der Waals surface area contributed by atoms with Crippen molar-refractivity contribution in [3.8, 4) is 0 Å². The van der Waals surface area contributed by atoms with Gasteiger partial charge in [-0.25, -0.2) is 0 Å². The fraction of sp³-hybridized carbons (Fsp3) is 0.200. The van der Waals surface area contributed by atoms with Gasteiger partial charge in [-0.15, -0.1) is 0 Å². The predicted molar refractivity (Wildman–Crippen MR) is 63.6 cm³/mol. The number of hydrogen-bond acceptors (Lipinski definition) is 2. The van der Waals surface area contributed by atoms with Crippen LogP contribution < -0.4 is 9.80 Å². The molecule has 0 atom stereocenters. The van der Waals surface area contributed by atoms with E-state index < -0.39 is 10.7 Å². The molecule has 1 aromatic carbocycles. The van der Waals surface area contributed by atoms with Crippen molar-refractivity contribution in [1.82, 2.24) is 0 Å². The number of halogens is 2. The highest BCUT2D eigenvalue weighted by atomic mass is 35.5. The van der Waals surface area contributed by atoms with Crippen LogP contribution in [-0.2, 0) is 0 Å². The van der Waals surface area contributed by atoms with Gasteiger partial charge in [-0.2, -0.15) is 0 Å². The highest BCUT2D eigenvalue weighted by Gasteiger charge is 2.28. The van der Waals surface area contributed by atoms with E-state index in [1.807, 2.05) is 0 Å². The number of rotatable bonds is 0. The van der Waals surface area contributed by atoms with E-state index in [-0.39, 0.29) is 0 Å². The molecule has 0 unspecified atom stereocenters. The Morgan fingerprint density at radius 1 is 0.938 bits per heavy atom. The Kier molecular flexibility index (Phi) is 3.03. The van der Waals surface area contributed by atoms with Crippen molar-refractivity contribution in [1.29, 1.82) is 0 Å². The van der Waals surface area contributed by atoms with E-state index >= 15 is 0 Å². The molecule has 0 fully saturated rings. The Labute approximate surface area is 102 Å². The molecule has 84 valence electrons. The summed E-state index contributed by atoms with van der Waals surface area (Å²) in [4.78, 5) is 25.2. The SMILES string of the molecule is O=C(Cl)N1CCN(C(=O)Cl)c2ccccc21. The fourth-order valence-corrected chi connectivity index (χ4v) is 2.08. The summed E-state index contributed by atoms with van der Waals surface area (Å²) in [5, 5.41) is -1.12. The monoisotopic (exact) mass is 258 g/mol. The first kappa shape index (κ1) is 11.2. The summed E-state index contributed by atoms with van der Waals surface area (Å²) in [5.41, 5.74) is 1.20. The maximum Gasteiger partial charge on any atom is 0.320 e. The van der Waals surface area contributed by atoms with Crippen LogP contribution >= 0.6 is 23.2 Å². The van der Waals surface area contributed by atoms with Crippen LogP contribution in [0.2, 0.25) is 0 Å². The standard InChI is InChI=1S/C10H8Cl2N2O2/c11-9(15)13-5-6-14(10(12)16)8-4-2-1-3-7(8)13/h1-4H,5-6H2. The van der Waals surface area contributed by atoms with E-state index in [9.17, 15) is 9.59 Å². The van der Waals surface area contributed by atoms with E-state index in [2.05, 4.69) is 0 Å². The number of benzene rings is 1. The Hall–Kier alpha value is -1.26. The zero-order valence-electron chi connectivity index (χ0n) is 8.19. The van der Waals surface area contributed by atoms with Gasteiger partial charge in [-0.05, 0) is 35.3 Å². The zero-order chi connectivity index (χ0) is 11.7. The molecule has 1 heterocycles. The second kappa shape index (κ2) is 4.31. The highest BCUT2D eigenvalue weighted by Crippen LogP contribution is 2.34. The minimum atomic E-state index is -0.561. The molecule has 0 saturated carbocycles. The number of fused-ring (bicyclic) bond motifs is 1. The van der Waals surface area contributed by atoms with Crippen LogP contribution in [0.5, 0.6) is 0 Å². The van der Waals surface area contributed by atoms with Crippen molar-refractivity contribution in [2.75, 3.05) is 22.9 Å². The van der Waals surface area contributed by atoms with Crippen LogP contribution in [0.3, 0.4) is 0 Å². The molecule has 1 aliphatic rings. The molecule has 0 aliphatic carbocycles. The minimum Gasteiger partial charge on any atom is -0.295 e. The summed E-state index contributed by atoms with van der Waals surface area (Å²) in [5.74, 6) is 0. The van der Waals surface area contributed by atoms with Gasteiger partial charge in [0.1, 0.15) is 0 Å². The molecule has 16 heavy (non-hydrogen) atoms. The normalized spacial score (nSPS) is 14.6. The summed E-state index contributed by atoms with van der Waals surface area (Å²) >= 11 is 10.9. The zero-order valence-corrected chi connectivity index (χ0v) is 9.70. The average Bonchev–Trinajstić information content (AvgIpc) is 2.27. The third-order valence-electron chi connectivity index (χ3n) is 2.43. The Bertz CT molecular complexity index is 409. The minimum absolute atomic E-state index is 0.345. The molecule has 0 bridgehead atoms. The van der Waals surface area contributed by atoms with E-state index in [0.29, 0.717) is 24.5 Å². The number of para-hydroxylation sites is 2. The largest absolute Gasteiger partial charge is 0.320 e. The number of hydrogen-bond donors (Lipinski definition) is 0. The topological polar surface area (TPSA) is 40.6 Å². The van der Waals surface area contributed by atoms with Crippen molar-refractivity contribution >= 4 is 45.3 Å². The molecular formula is C10H8Cl2N2O2. The molecular weight excluding hydrogens is 251 g/mol. The number of anilines is 2. The first-order valence-corrected chi connectivity index (χ1v) is 5.40. The molecule has 1 aliphatic heterocycles. The van der Waals surface area contributed by atoms with Crippen molar-refractivity contribution in [3.05, 3.63) is 24.3 Å². The van der Waals surface area contributed by atoms with Gasteiger partial charge in [0.2, 0.25) is 0 Å². The van der Waals surface area contributed by atoms with Crippen molar-refractivity contribution in [3.63, 3.8) is 0 Å². The van der Waals surface area contributed by atoms with E-state index in [1.165, 1.54) is 9.80 Å². The van der Waals surface area contributed by atoms with Gasteiger partial charge in [0.25, 0.3) is 0 Å². The van der Waals surface area contributed by atoms with Crippen LogP contribution in [0.15, 0.2) is 24.3 Å². The Morgan fingerprint density at radius 3 is 1.62 bits per heavy atom. The predicted octanol–water partition coefficient (Wildman–Crippen LogP) is 3.03. The van der Waals surface area contributed by atoms with Gasteiger partial charge in [0.05, 0.1) is 11.4 Å². The number of carbonyl (C=O) groups excluding carboxylic acids is 2. The van der Waals surface area contributed by atoms with Gasteiger partial charge in [0.15, 0.2) is 0 Å². The maximum absolute atomic E-state index is 11.2. The molecule has 0 aromatic heterocycles. The molecule has 1 aromatic rings. The maximum atomic E-state index is 11.2. The molecule has 0 saturated heterocycles. The Balaban J connectivity index is 2.48. The second-order valence-electron chi connectivity index (χ2n) is 3.30. The lowest BCUT2D eigenvalue weighted by Gasteiger charge is -2.34. The molecule has 2 amide bonds. The lowest BCUT2D eigenvalue weighted by atomic mass is 10.2. The summed E-state index contributed by atoms with van der Waals surface area (Å²) in [7, 11) is 0. The molecule has 6 heteroatoms. The smallest absolute Gasteiger partial charge is 0.295 e. The van der Waals surface area contributed by atoms with Gasteiger partial charge in [-0.1, -0.05) is 12.1 Å². The second-order valence-corrected chi connectivity index (χ2v) is 3.94. The highest BCUT2D eigenvalue weighted by molar-refractivity contribution is 6.67. The summed E-state index contributed by atoms with van der Waals surface area (Å²) < 4.78 is 0. The van der Waals surface area contributed by atoms with Gasteiger partial charge < -0.3 is 0 Å². The molecule has 2 rings (SSSR count). The van der Waals surface area contributed by atoms with Crippen LogP contribution in [0.25, 0.3) is 0 Å². The first-order valence-electron chi connectivity index (χ1n) is 4.64. The molecule has 0 N–H and O–H groups in total. The summed E-state index contributed by atoms with van der Waals surface area (Å²) in [6.45, 7) is 0.690. The molecule has 0 radical (unpaired) electrons. The van der Waals surface area contributed by atoms with E-state index in [4.69, 9.17) is 23.2 Å². The number of nitrogens with zero attached hydrogens (tertiary/aromatic N) is 2. The van der Waals surface area contributed by atoms with E-state index in [0.717, 1.165) is 0 Å². The molecule has 0 spiro atoms. The quantitative estimate of drug-likeness (QED) is 0.530. The van der Waals surface area contributed by atoms with Crippen LogP contribution in [0.1, 0.15) is 0 Å². The lowest BCUT2D eigenvalue weighted by molar-refractivity contribution is 0.261. The third kappa shape index (κ3) is 1.86. The van der Waals surface area contributed by atoms with Crippen LogP contribution in [-0.4, -0.2) is 23.8 Å². The van der Waals surface area contributed by atoms with Crippen LogP contribution in [0.4, 0.5) is 21.0 Å².